The van der Waals surface area contributed by atoms with Crippen LogP contribution in [0.1, 0.15) is 50.8 Å². The summed E-state index contributed by atoms with van der Waals surface area (Å²) in [5.41, 5.74) is 0. The average Bonchev–Trinajstić information content (AvgIpc) is 2.88. The Morgan fingerprint density at radius 3 is 2.67 bits per heavy atom. The summed E-state index contributed by atoms with van der Waals surface area (Å²) >= 11 is 2.95. The number of carbonyl (C=O) groups excluding carboxylic acids is 1. The Kier molecular flexibility index (Phi) is 7.43. The van der Waals surface area contributed by atoms with Crippen LogP contribution in [0.15, 0.2) is 9.64 Å². The van der Waals surface area contributed by atoms with E-state index in [1.54, 1.807) is 11.8 Å². The molecule has 1 amide bonds. The van der Waals surface area contributed by atoms with Crippen molar-refractivity contribution in [1.82, 2.24) is 15.5 Å². The Labute approximate surface area is 134 Å². The number of nitrogens with zero attached hydrogens (tertiary/aromatic N) is 2. The van der Waals surface area contributed by atoms with Gasteiger partial charge in [-0.05, 0) is 19.1 Å². The third-order valence-corrected chi connectivity index (χ3v) is 4.87. The number of rotatable bonds is 6. The number of carbonyl (C=O) groups is 1. The monoisotopic (exact) mass is 329 g/mol. The van der Waals surface area contributed by atoms with E-state index in [1.807, 2.05) is 6.26 Å². The van der Waals surface area contributed by atoms with Gasteiger partial charge in [0.25, 0.3) is 5.22 Å². The highest BCUT2D eigenvalue weighted by atomic mass is 32.2. The van der Waals surface area contributed by atoms with Gasteiger partial charge >= 0.3 is 0 Å². The highest BCUT2D eigenvalue weighted by molar-refractivity contribution is 7.99. The van der Waals surface area contributed by atoms with E-state index in [2.05, 4.69) is 15.5 Å². The topological polar surface area (TPSA) is 68.0 Å². The van der Waals surface area contributed by atoms with Gasteiger partial charge in [0.2, 0.25) is 11.8 Å². The summed E-state index contributed by atoms with van der Waals surface area (Å²) in [6.45, 7) is 0. The van der Waals surface area contributed by atoms with Gasteiger partial charge < -0.3 is 9.73 Å². The van der Waals surface area contributed by atoms with Gasteiger partial charge in [0.1, 0.15) is 0 Å². The molecule has 0 aliphatic heterocycles. The zero-order chi connectivity index (χ0) is 14.9. The number of aromatic nitrogens is 2. The van der Waals surface area contributed by atoms with Crippen LogP contribution in [0.2, 0.25) is 0 Å². The maximum absolute atomic E-state index is 12.0. The Morgan fingerprint density at radius 1 is 1.24 bits per heavy atom. The van der Waals surface area contributed by atoms with Crippen LogP contribution < -0.4 is 5.32 Å². The molecule has 0 radical (unpaired) electrons. The third-order valence-electron chi connectivity index (χ3n) is 3.51. The van der Waals surface area contributed by atoms with Gasteiger partial charge in [-0.25, -0.2) is 0 Å². The SMILES string of the molecule is CSCc1nnc(SCC(=O)NC2CCCCCCC2)o1. The zero-order valence-corrected chi connectivity index (χ0v) is 14.1. The number of amides is 1. The molecule has 2 rings (SSSR count). The second kappa shape index (κ2) is 9.35. The molecule has 5 nitrogen and oxygen atoms in total. The van der Waals surface area contributed by atoms with Gasteiger partial charge in [-0.3, -0.25) is 4.79 Å². The molecule has 1 aromatic rings. The van der Waals surface area contributed by atoms with Crippen molar-refractivity contribution in [2.45, 2.75) is 62.0 Å². The van der Waals surface area contributed by atoms with Crippen LogP contribution in [0.4, 0.5) is 0 Å². The molecule has 0 saturated heterocycles. The van der Waals surface area contributed by atoms with Crippen LogP contribution in [-0.2, 0) is 10.5 Å². The molecular weight excluding hydrogens is 306 g/mol. The van der Waals surface area contributed by atoms with Crippen molar-refractivity contribution in [3.05, 3.63) is 5.89 Å². The van der Waals surface area contributed by atoms with E-state index in [-0.39, 0.29) is 5.91 Å². The molecule has 1 heterocycles. The summed E-state index contributed by atoms with van der Waals surface area (Å²) in [6, 6.07) is 0.341. The van der Waals surface area contributed by atoms with E-state index in [1.165, 1.54) is 43.9 Å². The molecule has 1 fully saturated rings. The van der Waals surface area contributed by atoms with Crippen LogP contribution in [-0.4, -0.2) is 34.2 Å². The van der Waals surface area contributed by atoms with Crippen molar-refractivity contribution in [3.63, 3.8) is 0 Å². The standard InChI is InChI=1S/C14H23N3O2S2/c1-20-10-13-16-17-14(19-13)21-9-12(18)15-11-7-5-3-2-4-6-8-11/h11H,2-10H2,1H3,(H,15,18). The lowest BCUT2D eigenvalue weighted by Crippen LogP contribution is -2.36. The van der Waals surface area contributed by atoms with E-state index >= 15 is 0 Å². The number of hydrogen-bond donors (Lipinski definition) is 1. The third kappa shape index (κ3) is 6.30. The fourth-order valence-corrected chi connectivity index (χ4v) is 3.43. The second-order valence-electron chi connectivity index (χ2n) is 5.29. The molecule has 7 heteroatoms. The molecule has 21 heavy (non-hydrogen) atoms. The van der Waals surface area contributed by atoms with E-state index < -0.39 is 0 Å². The smallest absolute Gasteiger partial charge is 0.277 e. The molecule has 1 N–H and O–H groups in total. The fourth-order valence-electron chi connectivity index (χ4n) is 2.48. The summed E-state index contributed by atoms with van der Waals surface area (Å²) in [6.07, 6.45) is 10.6. The first-order valence-electron chi connectivity index (χ1n) is 7.51. The zero-order valence-electron chi connectivity index (χ0n) is 12.5. The van der Waals surface area contributed by atoms with Gasteiger partial charge in [-0.2, -0.15) is 11.8 Å². The van der Waals surface area contributed by atoms with Crippen molar-refractivity contribution in [3.8, 4) is 0 Å². The molecule has 1 aliphatic carbocycles. The minimum atomic E-state index is 0.0650. The van der Waals surface area contributed by atoms with Crippen molar-refractivity contribution >= 4 is 29.4 Å². The highest BCUT2D eigenvalue weighted by Gasteiger charge is 2.15. The predicted octanol–water partition coefficient (Wildman–Crippen LogP) is 3.25. The van der Waals surface area contributed by atoms with E-state index in [4.69, 9.17) is 4.42 Å². The van der Waals surface area contributed by atoms with E-state index in [0.717, 1.165) is 12.8 Å². The lowest BCUT2D eigenvalue weighted by molar-refractivity contribution is -0.119. The van der Waals surface area contributed by atoms with Crippen molar-refractivity contribution < 1.29 is 9.21 Å². The first-order valence-corrected chi connectivity index (χ1v) is 9.89. The number of thioether (sulfide) groups is 2. The maximum Gasteiger partial charge on any atom is 0.277 e. The molecule has 1 saturated carbocycles. The Bertz CT molecular complexity index is 432. The van der Waals surface area contributed by atoms with Gasteiger partial charge in [-0.1, -0.05) is 43.9 Å². The fraction of sp³-hybridized carbons (Fsp3) is 0.786. The molecule has 0 atom stereocenters. The molecular formula is C14H23N3O2S2. The summed E-state index contributed by atoms with van der Waals surface area (Å²) in [5.74, 6) is 1.74. The van der Waals surface area contributed by atoms with Crippen molar-refractivity contribution in [2.24, 2.45) is 0 Å². The lowest BCUT2D eigenvalue weighted by atomic mass is 9.97. The maximum atomic E-state index is 12.0. The Morgan fingerprint density at radius 2 is 1.95 bits per heavy atom. The quantitative estimate of drug-likeness (QED) is 0.808. The van der Waals surface area contributed by atoms with Gasteiger partial charge in [0, 0.05) is 6.04 Å². The average molecular weight is 329 g/mol. The molecule has 1 aliphatic rings. The summed E-state index contributed by atoms with van der Waals surface area (Å²) in [5, 5.41) is 11.5. The van der Waals surface area contributed by atoms with Crippen LogP contribution in [0, 0.1) is 0 Å². The largest absolute Gasteiger partial charge is 0.415 e. The summed E-state index contributed by atoms with van der Waals surface area (Å²) in [4.78, 5) is 12.0. The predicted molar refractivity (Wildman–Crippen MR) is 86.5 cm³/mol. The summed E-state index contributed by atoms with van der Waals surface area (Å²) < 4.78 is 5.44. The molecule has 0 spiro atoms. The van der Waals surface area contributed by atoms with E-state index in [9.17, 15) is 4.79 Å². The minimum Gasteiger partial charge on any atom is -0.415 e. The first-order chi connectivity index (χ1) is 10.3. The van der Waals surface area contributed by atoms with Crippen LogP contribution >= 0.6 is 23.5 Å². The molecule has 118 valence electrons. The molecule has 0 bridgehead atoms. The lowest BCUT2D eigenvalue weighted by Gasteiger charge is -2.20. The van der Waals surface area contributed by atoms with Gasteiger partial charge in [0.15, 0.2) is 0 Å². The number of hydrogen-bond acceptors (Lipinski definition) is 6. The van der Waals surface area contributed by atoms with Crippen LogP contribution in [0.5, 0.6) is 0 Å². The normalized spacial score (nSPS) is 17.2. The van der Waals surface area contributed by atoms with Gasteiger partial charge in [0.05, 0.1) is 11.5 Å². The van der Waals surface area contributed by atoms with E-state index in [0.29, 0.717) is 28.7 Å². The first kappa shape index (κ1) is 16.7. The van der Waals surface area contributed by atoms with Crippen LogP contribution in [0.25, 0.3) is 0 Å². The van der Waals surface area contributed by atoms with Crippen LogP contribution in [0.3, 0.4) is 0 Å². The van der Waals surface area contributed by atoms with Crippen molar-refractivity contribution in [2.75, 3.05) is 12.0 Å². The molecule has 1 aromatic heterocycles. The molecule has 0 aromatic carbocycles. The highest BCUT2D eigenvalue weighted by Crippen LogP contribution is 2.19. The Balaban J connectivity index is 1.70. The second-order valence-corrected chi connectivity index (χ2v) is 7.09. The summed E-state index contributed by atoms with van der Waals surface area (Å²) in [7, 11) is 0. The molecule has 0 unspecified atom stereocenters. The van der Waals surface area contributed by atoms with Crippen molar-refractivity contribution in [1.29, 1.82) is 0 Å². The minimum absolute atomic E-state index is 0.0650. The Hall–Kier alpha value is -0.690. The number of nitrogens with one attached hydrogen (secondary N) is 1. The van der Waals surface area contributed by atoms with Gasteiger partial charge in [-0.15, -0.1) is 10.2 Å².